The van der Waals surface area contributed by atoms with Crippen LogP contribution in [0, 0.1) is 0 Å². The molecule has 0 bridgehead atoms. The summed E-state index contributed by atoms with van der Waals surface area (Å²) in [6.45, 7) is 3.16. The minimum atomic E-state index is 0.647. The Kier molecular flexibility index (Phi) is 4.86. The zero-order valence-electron chi connectivity index (χ0n) is 10.0. The smallest absolute Gasteiger partial charge is 0.0462 e. The summed E-state index contributed by atoms with van der Waals surface area (Å²) in [5, 5.41) is 4.35. The highest BCUT2D eigenvalue weighted by Crippen LogP contribution is 2.22. The van der Waals surface area contributed by atoms with Crippen LogP contribution in [0.5, 0.6) is 0 Å². The number of halogens is 2. The zero-order chi connectivity index (χ0) is 12.3. The van der Waals surface area contributed by atoms with Crippen molar-refractivity contribution in [2.75, 3.05) is 20.1 Å². The van der Waals surface area contributed by atoms with Crippen LogP contribution in [-0.2, 0) is 6.54 Å². The van der Waals surface area contributed by atoms with Crippen molar-refractivity contribution >= 4 is 27.5 Å². The largest absolute Gasteiger partial charge is 0.313 e. The van der Waals surface area contributed by atoms with Gasteiger partial charge >= 0.3 is 0 Å². The molecule has 2 rings (SSSR count). The Morgan fingerprint density at radius 3 is 3.00 bits per heavy atom. The molecule has 0 radical (unpaired) electrons. The SMILES string of the molecule is CN(Cc1ccc(Br)cc1Cl)CC1CCCN1. The van der Waals surface area contributed by atoms with E-state index in [2.05, 4.69) is 39.3 Å². The molecule has 1 heterocycles. The van der Waals surface area contributed by atoms with Gasteiger partial charge in [-0.05, 0) is 44.1 Å². The van der Waals surface area contributed by atoms with E-state index in [0.717, 1.165) is 29.1 Å². The van der Waals surface area contributed by atoms with Crippen molar-refractivity contribution in [1.29, 1.82) is 0 Å². The molecule has 0 amide bonds. The van der Waals surface area contributed by atoms with Crippen LogP contribution in [0.1, 0.15) is 18.4 Å². The molecular weight excluding hydrogens is 300 g/mol. The highest BCUT2D eigenvalue weighted by Gasteiger charge is 2.16. The number of nitrogens with zero attached hydrogens (tertiary/aromatic N) is 1. The Hall–Kier alpha value is -0.0900. The summed E-state index contributed by atoms with van der Waals surface area (Å²) in [5.74, 6) is 0. The summed E-state index contributed by atoms with van der Waals surface area (Å²) < 4.78 is 1.03. The Balaban J connectivity index is 1.90. The first kappa shape index (κ1) is 13.3. The molecule has 1 aromatic rings. The topological polar surface area (TPSA) is 15.3 Å². The van der Waals surface area contributed by atoms with Crippen LogP contribution >= 0.6 is 27.5 Å². The summed E-state index contributed by atoms with van der Waals surface area (Å²) in [4.78, 5) is 2.33. The molecule has 0 aromatic heterocycles. The van der Waals surface area contributed by atoms with Crippen LogP contribution in [0.15, 0.2) is 22.7 Å². The molecule has 17 heavy (non-hydrogen) atoms. The van der Waals surface area contributed by atoms with E-state index in [4.69, 9.17) is 11.6 Å². The molecule has 0 spiro atoms. The minimum Gasteiger partial charge on any atom is -0.313 e. The maximum absolute atomic E-state index is 6.22. The van der Waals surface area contributed by atoms with Crippen molar-refractivity contribution in [3.8, 4) is 0 Å². The number of hydrogen-bond acceptors (Lipinski definition) is 2. The molecule has 1 aliphatic rings. The number of nitrogens with one attached hydrogen (secondary N) is 1. The molecule has 1 N–H and O–H groups in total. The van der Waals surface area contributed by atoms with Crippen LogP contribution in [0.2, 0.25) is 5.02 Å². The lowest BCUT2D eigenvalue weighted by atomic mass is 10.2. The molecular formula is C13H18BrClN2. The third-order valence-corrected chi connectivity index (χ3v) is 3.99. The first-order valence-electron chi connectivity index (χ1n) is 6.01. The van der Waals surface area contributed by atoms with Gasteiger partial charge in [0.05, 0.1) is 0 Å². The standard InChI is InChI=1S/C13H18BrClN2/c1-17(9-12-3-2-6-16-12)8-10-4-5-11(14)7-13(10)15/h4-5,7,12,16H,2-3,6,8-9H2,1H3. The van der Waals surface area contributed by atoms with Gasteiger partial charge < -0.3 is 10.2 Å². The highest BCUT2D eigenvalue weighted by molar-refractivity contribution is 9.10. The third kappa shape index (κ3) is 3.95. The van der Waals surface area contributed by atoms with E-state index in [1.807, 2.05) is 12.1 Å². The predicted molar refractivity (Wildman–Crippen MR) is 76.5 cm³/mol. The summed E-state index contributed by atoms with van der Waals surface area (Å²) in [7, 11) is 2.15. The van der Waals surface area contributed by atoms with Crippen LogP contribution in [0.3, 0.4) is 0 Å². The molecule has 1 aromatic carbocycles. The van der Waals surface area contributed by atoms with Gasteiger partial charge in [-0.1, -0.05) is 33.6 Å². The van der Waals surface area contributed by atoms with Gasteiger partial charge in [-0.25, -0.2) is 0 Å². The van der Waals surface area contributed by atoms with Crippen LogP contribution in [0.4, 0.5) is 0 Å². The number of rotatable bonds is 4. The molecule has 2 nitrogen and oxygen atoms in total. The van der Waals surface area contributed by atoms with Gasteiger partial charge in [0.15, 0.2) is 0 Å². The summed E-state index contributed by atoms with van der Waals surface area (Å²) in [6, 6.07) is 6.74. The van der Waals surface area contributed by atoms with Gasteiger partial charge in [-0.3, -0.25) is 0 Å². The monoisotopic (exact) mass is 316 g/mol. The summed E-state index contributed by atoms with van der Waals surface area (Å²) in [6.07, 6.45) is 2.59. The van der Waals surface area contributed by atoms with Crippen molar-refractivity contribution in [3.05, 3.63) is 33.3 Å². The summed E-state index contributed by atoms with van der Waals surface area (Å²) in [5.41, 5.74) is 1.19. The predicted octanol–water partition coefficient (Wildman–Crippen LogP) is 3.29. The fourth-order valence-electron chi connectivity index (χ4n) is 2.29. The second-order valence-electron chi connectivity index (χ2n) is 4.73. The molecule has 1 aliphatic heterocycles. The number of likely N-dealkylation sites (N-methyl/N-ethyl adjacent to an activating group) is 1. The molecule has 1 atom stereocenters. The van der Waals surface area contributed by atoms with Crippen LogP contribution in [0.25, 0.3) is 0 Å². The van der Waals surface area contributed by atoms with Gasteiger partial charge in [0, 0.05) is 28.6 Å². The first-order chi connectivity index (χ1) is 8.15. The molecule has 1 saturated heterocycles. The lowest BCUT2D eigenvalue weighted by Crippen LogP contribution is -2.34. The van der Waals surface area contributed by atoms with E-state index < -0.39 is 0 Å². The molecule has 4 heteroatoms. The van der Waals surface area contributed by atoms with E-state index in [9.17, 15) is 0 Å². The van der Waals surface area contributed by atoms with Crippen molar-refractivity contribution in [3.63, 3.8) is 0 Å². The van der Waals surface area contributed by atoms with E-state index in [-0.39, 0.29) is 0 Å². The average Bonchev–Trinajstić information content (AvgIpc) is 2.75. The maximum Gasteiger partial charge on any atom is 0.0462 e. The van der Waals surface area contributed by atoms with Crippen molar-refractivity contribution < 1.29 is 0 Å². The molecule has 1 fully saturated rings. The van der Waals surface area contributed by atoms with Gasteiger partial charge in [0.25, 0.3) is 0 Å². The zero-order valence-corrected chi connectivity index (χ0v) is 12.4. The fourth-order valence-corrected chi connectivity index (χ4v) is 3.03. The number of hydrogen-bond donors (Lipinski definition) is 1. The number of benzene rings is 1. The lowest BCUT2D eigenvalue weighted by Gasteiger charge is -2.21. The molecule has 94 valence electrons. The fraction of sp³-hybridized carbons (Fsp3) is 0.538. The van der Waals surface area contributed by atoms with E-state index in [1.165, 1.54) is 18.4 Å². The van der Waals surface area contributed by atoms with Crippen LogP contribution in [-0.4, -0.2) is 31.1 Å². The molecule has 1 unspecified atom stereocenters. The Morgan fingerprint density at radius 2 is 2.35 bits per heavy atom. The van der Waals surface area contributed by atoms with Gasteiger partial charge in [-0.15, -0.1) is 0 Å². The Bertz CT molecular complexity index is 378. The third-order valence-electron chi connectivity index (χ3n) is 3.15. The van der Waals surface area contributed by atoms with Crippen LogP contribution < -0.4 is 5.32 Å². The van der Waals surface area contributed by atoms with Crippen molar-refractivity contribution in [1.82, 2.24) is 10.2 Å². The quantitative estimate of drug-likeness (QED) is 0.917. The normalized spacial score (nSPS) is 20.1. The first-order valence-corrected chi connectivity index (χ1v) is 7.18. The van der Waals surface area contributed by atoms with E-state index in [1.54, 1.807) is 0 Å². The molecule has 0 aliphatic carbocycles. The lowest BCUT2D eigenvalue weighted by molar-refractivity contribution is 0.293. The van der Waals surface area contributed by atoms with Crippen molar-refractivity contribution in [2.24, 2.45) is 0 Å². The van der Waals surface area contributed by atoms with Gasteiger partial charge in [-0.2, -0.15) is 0 Å². The van der Waals surface area contributed by atoms with Crippen molar-refractivity contribution in [2.45, 2.75) is 25.4 Å². The average molecular weight is 318 g/mol. The van der Waals surface area contributed by atoms with Gasteiger partial charge in [0.2, 0.25) is 0 Å². The Labute approximate surface area is 116 Å². The molecule has 0 saturated carbocycles. The Morgan fingerprint density at radius 1 is 1.53 bits per heavy atom. The van der Waals surface area contributed by atoms with E-state index >= 15 is 0 Å². The highest BCUT2D eigenvalue weighted by atomic mass is 79.9. The minimum absolute atomic E-state index is 0.647. The van der Waals surface area contributed by atoms with E-state index in [0.29, 0.717) is 6.04 Å². The second-order valence-corrected chi connectivity index (χ2v) is 6.05. The maximum atomic E-state index is 6.22. The summed E-state index contributed by atoms with van der Waals surface area (Å²) >= 11 is 9.64. The van der Waals surface area contributed by atoms with Gasteiger partial charge in [0.1, 0.15) is 0 Å². The second kappa shape index (κ2) is 6.19.